The van der Waals surface area contributed by atoms with E-state index >= 15 is 4.79 Å². The zero-order chi connectivity index (χ0) is 41.4. The number of alkyl halides is 3. The molecular weight excluding hydrogens is 824 g/mol. The van der Waals surface area contributed by atoms with E-state index in [0.717, 1.165) is 5.56 Å². The number of phenols is 2. The molecule has 2 aliphatic carbocycles. The van der Waals surface area contributed by atoms with E-state index in [0.29, 0.717) is 45.4 Å². The van der Waals surface area contributed by atoms with Crippen molar-refractivity contribution in [2.45, 2.75) is 36.8 Å². The Morgan fingerprint density at radius 1 is 0.914 bits per heavy atom. The molecule has 0 unspecified atom stereocenters. The highest BCUT2D eigenvalue weighted by Crippen LogP contribution is 2.64. The highest BCUT2D eigenvalue weighted by Gasteiger charge is 2.70. The zero-order valence-electron chi connectivity index (χ0n) is 30.3. The number of benzene rings is 3. The number of hydrazine groups is 1. The van der Waals surface area contributed by atoms with Crippen LogP contribution in [0, 0.1) is 23.7 Å². The number of nitrogens with one attached hydrogen (secondary N) is 1. The summed E-state index contributed by atoms with van der Waals surface area (Å²) < 4.78 is 46.0. The maximum Gasteiger partial charge on any atom is 0.417 e. The fourth-order valence-corrected chi connectivity index (χ4v) is 9.82. The van der Waals surface area contributed by atoms with E-state index in [1.807, 2.05) is 6.08 Å². The van der Waals surface area contributed by atoms with Crippen molar-refractivity contribution in [1.82, 2.24) is 14.9 Å². The number of methoxy groups -OCH3 is 1. The fourth-order valence-electron chi connectivity index (χ4n) is 9.26. The number of hydrogen-bond acceptors (Lipinski definition) is 9. The lowest BCUT2D eigenvalue weighted by Gasteiger charge is -2.50. The minimum atomic E-state index is -4.77. The molecule has 3 heterocycles. The molecule has 6 atom stereocenters. The molecular formula is C41H32Cl3F3N4O7. The normalized spacial score (nSPS) is 25.4. The van der Waals surface area contributed by atoms with Crippen LogP contribution in [0.4, 0.5) is 19.0 Å². The van der Waals surface area contributed by atoms with Crippen molar-refractivity contribution in [2.24, 2.45) is 23.7 Å². The first-order valence-electron chi connectivity index (χ1n) is 18.1. The van der Waals surface area contributed by atoms with Crippen molar-refractivity contribution >= 4 is 64.2 Å². The molecule has 4 amide bonds. The van der Waals surface area contributed by atoms with Crippen LogP contribution in [-0.4, -0.2) is 62.4 Å². The Morgan fingerprint density at radius 2 is 1.62 bits per heavy atom. The van der Waals surface area contributed by atoms with Gasteiger partial charge in [0.2, 0.25) is 11.8 Å². The van der Waals surface area contributed by atoms with Gasteiger partial charge in [-0.25, -0.2) is 4.98 Å². The number of hydrogen-bond donors (Lipinski definition) is 3. The lowest BCUT2D eigenvalue weighted by Crippen LogP contribution is -2.53. The monoisotopic (exact) mass is 854 g/mol. The fraction of sp³-hybridized carbons (Fsp3) is 0.293. The van der Waals surface area contributed by atoms with E-state index in [-0.39, 0.29) is 47.6 Å². The van der Waals surface area contributed by atoms with Gasteiger partial charge in [0.25, 0.3) is 11.8 Å². The number of pyridine rings is 1. The van der Waals surface area contributed by atoms with Gasteiger partial charge in [-0.3, -0.25) is 29.5 Å². The van der Waals surface area contributed by atoms with Crippen LogP contribution in [0.25, 0.3) is 0 Å². The summed E-state index contributed by atoms with van der Waals surface area (Å²) in [5.74, 6) is -7.93. The minimum Gasteiger partial charge on any atom is -0.508 e. The summed E-state index contributed by atoms with van der Waals surface area (Å²) in [7, 11) is 1.31. The van der Waals surface area contributed by atoms with Gasteiger partial charge in [-0.05, 0) is 84.3 Å². The summed E-state index contributed by atoms with van der Waals surface area (Å²) in [5, 5.41) is 20.9. The summed E-state index contributed by atoms with van der Waals surface area (Å²) in [5.41, 5.74) is 1.67. The number of anilines is 1. The van der Waals surface area contributed by atoms with Gasteiger partial charge in [0.1, 0.15) is 5.75 Å². The number of carbonyl (C=O) groups excluding carboxylic acids is 4. The number of rotatable bonds is 8. The summed E-state index contributed by atoms with van der Waals surface area (Å²) >= 11 is 19.2. The summed E-state index contributed by atoms with van der Waals surface area (Å²) in [6.07, 6.45) is -2.06. The number of nitrogens with zero attached hydrogens (tertiary/aromatic N) is 3. The van der Waals surface area contributed by atoms with Crippen LogP contribution in [0.15, 0.2) is 84.6 Å². The number of halogens is 6. The maximum absolute atomic E-state index is 15.4. The van der Waals surface area contributed by atoms with Crippen molar-refractivity contribution in [3.05, 3.63) is 122 Å². The van der Waals surface area contributed by atoms with Gasteiger partial charge in [0, 0.05) is 23.7 Å². The molecule has 3 aromatic carbocycles. The molecule has 3 fully saturated rings. The summed E-state index contributed by atoms with van der Waals surface area (Å²) in [6, 6.07) is 16.3. The Balaban J connectivity index is 1.28. The lowest BCUT2D eigenvalue weighted by molar-refractivity contribution is -0.141. The third-order valence-corrected chi connectivity index (χ3v) is 12.6. The van der Waals surface area contributed by atoms with Crippen LogP contribution in [-0.2, 0) is 37.2 Å². The highest BCUT2D eigenvalue weighted by atomic mass is 35.5. The molecule has 300 valence electrons. The molecule has 0 bridgehead atoms. The van der Waals surface area contributed by atoms with Gasteiger partial charge in [-0.1, -0.05) is 70.7 Å². The molecule has 2 saturated heterocycles. The second kappa shape index (κ2) is 14.5. The third kappa shape index (κ3) is 6.23. The first-order chi connectivity index (χ1) is 27.6. The molecule has 4 aromatic rings. The van der Waals surface area contributed by atoms with E-state index in [1.54, 1.807) is 36.4 Å². The number of ether oxygens (including phenoxy) is 1. The Morgan fingerprint density at radius 3 is 2.28 bits per heavy atom. The van der Waals surface area contributed by atoms with Crippen LogP contribution in [0.2, 0.25) is 15.1 Å². The molecule has 0 spiro atoms. The van der Waals surface area contributed by atoms with Gasteiger partial charge in [0.05, 0.1) is 45.9 Å². The molecule has 0 radical (unpaired) electrons. The number of aromatic hydroxyl groups is 2. The predicted octanol–water partition coefficient (Wildman–Crippen LogP) is 7.71. The minimum absolute atomic E-state index is 0.0401. The van der Waals surface area contributed by atoms with Crippen molar-refractivity contribution in [2.75, 3.05) is 19.1 Å². The average molecular weight is 856 g/mol. The molecule has 1 saturated carbocycles. The topological polar surface area (TPSA) is 149 Å². The van der Waals surface area contributed by atoms with Gasteiger partial charge in [-0.15, -0.1) is 0 Å². The summed E-state index contributed by atoms with van der Waals surface area (Å²) in [6.45, 7) is 0.0693. The van der Waals surface area contributed by atoms with Crippen molar-refractivity contribution in [3.8, 4) is 17.2 Å². The largest absolute Gasteiger partial charge is 0.508 e. The van der Waals surface area contributed by atoms with Crippen molar-refractivity contribution in [1.29, 1.82) is 0 Å². The van der Waals surface area contributed by atoms with Gasteiger partial charge in [-0.2, -0.15) is 18.2 Å². The first-order valence-corrected chi connectivity index (χ1v) is 19.2. The number of likely N-dealkylation sites (tertiary alicyclic amines) is 1. The van der Waals surface area contributed by atoms with Gasteiger partial charge < -0.3 is 14.9 Å². The SMILES string of the molecule is COc1cc([C@H]2C3=CC[C@@H]4C(=O)N(CCc5ccc(O)cc5)C(=O)[C@@H]4[C@@H]3C[C@H]3C(=O)N(Nc4ncc(C(F)(F)F)cc4Cl)C(=O)[C@@]23c2ccc(Cl)cc2)cc(Cl)c1O. The van der Waals surface area contributed by atoms with Crippen LogP contribution in [0.5, 0.6) is 17.2 Å². The molecule has 3 N–H and O–H groups in total. The Hall–Kier alpha value is -5.31. The second-order valence-corrected chi connectivity index (χ2v) is 16.0. The zero-order valence-corrected chi connectivity index (χ0v) is 32.5. The van der Waals surface area contributed by atoms with E-state index < -0.39 is 75.3 Å². The molecule has 58 heavy (non-hydrogen) atoms. The number of imide groups is 2. The van der Waals surface area contributed by atoms with Crippen LogP contribution in [0.3, 0.4) is 0 Å². The van der Waals surface area contributed by atoms with E-state index in [1.165, 1.54) is 36.3 Å². The first kappa shape index (κ1) is 39.5. The number of phenolic OH excluding ortho intramolecular Hbond substituents is 2. The van der Waals surface area contributed by atoms with Gasteiger partial charge in [0.15, 0.2) is 17.3 Å². The maximum atomic E-state index is 15.4. The van der Waals surface area contributed by atoms with E-state index in [4.69, 9.17) is 39.5 Å². The van der Waals surface area contributed by atoms with Gasteiger partial charge >= 0.3 is 6.18 Å². The van der Waals surface area contributed by atoms with Crippen LogP contribution < -0.4 is 10.2 Å². The lowest BCUT2D eigenvalue weighted by atomic mass is 9.49. The van der Waals surface area contributed by atoms with Crippen LogP contribution in [0.1, 0.15) is 41.0 Å². The quantitative estimate of drug-likeness (QED) is 0.120. The number of allylic oxidation sites excluding steroid dienone is 2. The molecule has 17 heteroatoms. The molecule has 2 aliphatic heterocycles. The molecule has 4 aliphatic rings. The van der Waals surface area contributed by atoms with Crippen LogP contribution >= 0.6 is 34.8 Å². The summed E-state index contributed by atoms with van der Waals surface area (Å²) in [4.78, 5) is 63.7. The molecule has 8 rings (SSSR count). The average Bonchev–Trinajstić information content (AvgIpc) is 3.56. The van der Waals surface area contributed by atoms with E-state index in [2.05, 4.69) is 10.4 Å². The highest BCUT2D eigenvalue weighted by molar-refractivity contribution is 6.33. The van der Waals surface area contributed by atoms with Crippen molar-refractivity contribution in [3.63, 3.8) is 0 Å². The Labute approximate surface area is 343 Å². The number of fused-ring (bicyclic) bond motifs is 4. The molecule has 11 nitrogen and oxygen atoms in total. The third-order valence-electron chi connectivity index (χ3n) is 11.8. The van der Waals surface area contributed by atoms with E-state index in [9.17, 15) is 37.8 Å². The second-order valence-electron chi connectivity index (χ2n) is 14.7. The smallest absolute Gasteiger partial charge is 0.417 e. The predicted molar refractivity (Wildman–Crippen MR) is 205 cm³/mol. The number of aromatic nitrogens is 1. The van der Waals surface area contributed by atoms with Crippen molar-refractivity contribution < 1.29 is 47.3 Å². The Bertz CT molecular complexity index is 2410. The molecule has 1 aromatic heterocycles. The number of carbonyl (C=O) groups is 4. The Kier molecular flexibility index (Phi) is 9.88. The standard InChI is InChI=1S/C41H32Cl3F3N4O7/c1-58-31-15-20(14-29(43)34(31)53)33-25-10-11-26-32(38(56)50(36(26)54)13-12-19-2-8-24(52)9-3-19)27(25)17-28-37(55)51(39(57)40(28,33)21-4-6-23(42)7-5-21)49-35-30(44)16-22(18-48-35)41(45,46)47/h2-10,14-16,18,26-28,32-33,52-53H,11-13,17H2,1H3,(H,48,49)/t26-,27+,28-,32-,33-,40+/m0/s1. The number of amides is 4.